The molecule has 8 heteroatoms. The van der Waals surface area contributed by atoms with Crippen LogP contribution in [-0.4, -0.2) is 28.5 Å². The highest BCUT2D eigenvalue weighted by molar-refractivity contribution is 6.08. The summed E-state index contributed by atoms with van der Waals surface area (Å²) >= 11 is 0. The number of hydrogen-bond donors (Lipinski definition) is 0. The van der Waals surface area contributed by atoms with Gasteiger partial charge in [-0.15, -0.1) is 0 Å². The van der Waals surface area contributed by atoms with Gasteiger partial charge in [-0.25, -0.2) is 0 Å². The molecule has 158 valence electrons. The average Bonchev–Trinajstić information content (AvgIpc) is 3.20. The number of ketones is 1. The lowest BCUT2D eigenvalue weighted by atomic mass is 9.71. The normalized spacial score (nSPS) is 24.4. The summed E-state index contributed by atoms with van der Waals surface area (Å²) in [5.41, 5.74) is 1.42. The van der Waals surface area contributed by atoms with Gasteiger partial charge in [-0.3, -0.25) is 24.7 Å². The molecular weight excluding hydrogens is 388 g/mol. The van der Waals surface area contributed by atoms with Crippen LogP contribution in [0.15, 0.2) is 34.5 Å². The average molecular weight is 411 g/mol. The van der Waals surface area contributed by atoms with Crippen LogP contribution in [0.3, 0.4) is 0 Å². The van der Waals surface area contributed by atoms with Gasteiger partial charge in [0, 0.05) is 35.4 Å². The topological polar surface area (TPSA) is 122 Å². The molecular formula is C22H23N2O6-. The summed E-state index contributed by atoms with van der Waals surface area (Å²) in [6.07, 6.45) is 5.11. The SMILES string of the molecule is CC1=NC2=C(C(=O)CCC2)[C@@H](c2ccc([O-])c([N+](=O)[O-])c2)C1C(=O)OC1CCCC1. The minimum Gasteiger partial charge on any atom is -0.868 e. The molecule has 2 aliphatic carbocycles. The first-order valence-corrected chi connectivity index (χ1v) is 10.3. The predicted octanol–water partition coefficient (Wildman–Crippen LogP) is 3.34. The summed E-state index contributed by atoms with van der Waals surface area (Å²) in [5.74, 6) is -2.86. The second-order valence-corrected chi connectivity index (χ2v) is 8.17. The van der Waals surface area contributed by atoms with E-state index < -0.39 is 34.2 Å². The quantitative estimate of drug-likeness (QED) is 0.425. The fourth-order valence-corrected chi connectivity index (χ4v) is 4.79. The van der Waals surface area contributed by atoms with Crippen LogP contribution in [0.2, 0.25) is 0 Å². The third-order valence-corrected chi connectivity index (χ3v) is 6.21. The zero-order valence-corrected chi connectivity index (χ0v) is 16.8. The van der Waals surface area contributed by atoms with E-state index in [1.165, 1.54) is 12.1 Å². The molecule has 1 heterocycles. The molecule has 1 aliphatic heterocycles. The summed E-state index contributed by atoms with van der Waals surface area (Å²) in [7, 11) is 0. The Hall–Kier alpha value is -3.03. The van der Waals surface area contributed by atoms with E-state index in [4.69, 9.17) is 4.74 Å². The first-order valence-electron chi connectivity index (χ1n) is 10.3. The maximum Gasteiger partial charge on any atom is 0.315 e. The number of carbonyl (C=O) groups is 2. The number of allylic oxidation sites excluding steroid dienone is 2. The van der Waals surface area contributed by atoms with Crippen molar-refractivity contribution in [3.63, 3.8) is 0 Å². The van der Waals surface area contributed by atoms with Gasteiger partial charge < -0.3 is 9.84 Å². The summed E-state index contributed by atoms with van der Waals surface area (Å²) in [4.78, 5) is 41.2. The van der Waals surface area contributed by atoms with Crippen LogP contribution in [0.5, 0.6) is 5.75 Å². The van der Waals surface area contributed by atoms with Crippen LogP contribution in [0.25, 0.3) is 0 Å². The second kappa shape index (κ2) is 8.01. The Kier molecular flexibility index (Phi) is 5.40. The van der Waals surface area contributed by atoms with Crippen molar-refractivity contribution in [1.82, 2.24) is 0 Å². The highest BCUT2D eigenvalue weighted by Crippen LogP contribution is 2.45. The fraction of sp³-hybridized carbons (Fsp3) is 0.500. The van der Waals surface area contributed by atoms with Gasteiger partial charge >= 0.3 is 5.97 Å². The minimum atomic E-state index is -0.844. The molecule has 0 N–H and O–H groups in total. The van der Waals surface area contributed by atoms with E-state index in [9.17, 15) is 24.8 Å². The standard InChI is InChI=1S/C22H24N2O6/c1-12-19(22(27)30-14-5-2-3-6-14)20(21-15(23-12)7-4-8-18(21)26)13-9-10-17(25)16(11-13)24(28)29/h9-11,14,19-20,25H,2-8H2,1H3/p-1/t19?,20-/m0/s1. The van der Waals surface area contributed by atoms with E-state index >= 15 is 0 Å². The molecule has 0 saturated heterocycles. The van der Waals surface area contributed by atoms with Crippen molar-refractivity contribution >= 4 is 23.2 Å². The number of benzene rings is 1. The number of rotatable bonds is 4. The smallest absolute Gasteiger partial charge is 0.315 e. The van der Waals surface area contributed by atoms with Gasteiger partial charge in [-0.2, -0.15) is 0 Å². The molecule has 0 amide bonds. The minimum absolute atomic E-state index is 0.106. The lowest BCUT2D eigenvalue weighted by molar-refractivity contribution is -0.398. The number of aliphatic imine (C=N–C) groups is 1. The van der Waals surface area contributed by atoms with Gasteiger partial charge in [0.15, 0.2) is 5.78 Å². The Morgan fingerprint density at radius 2 is 1.93 bits per heavy atom. The molecule has 0 bridgehead atoms. The number of nitrogens with zero attached hydrogens (tertiary/aromatic N) is 2. The maximum absolute atomic E-state index is 13.2. The van der Waals surface area contributed by atoms with Crippen molar-refractivity contribution in [3.05, 3.63) is 45.1 Å². The Morgan fingerprint density at radius 1 is 1.20 bits per heavy atom. The van der Waals surface area contributed by atoms with Crippen molar-refractivity contribution in [2.45, 2.75) is 63.9 Å². The molecule has 1 unspecified atom stereocenters. The van der Waals surface area contributed by atoms with Crippen molar-refractivity contribution in [1.29, 1.82) is 0 Å². The number of Topliss-reactive ketones (excluding diaryl/α,β-unsaturated/α-hetero) is 1. The molecule has 1 aromatic carbocycles. The van der Waals surface area contributed by atoms with Crippen LogP contribution in [-0.2, 0) is 14.3 Å². The van der Waals surface area contributed by atoms with Crippen molar-refractivity contribution in [2.75, 3.05) is 0 Å². The van der Waals surface area contributed by atoms with Gasteiger partial charge in [0.1, 0.15) is 12.0 Å². The van der Waals surface area contributed by atoms with E-state index in [0.717, 1.165) is 31.7 Å². The van der Waals surface area contributed by atoms with Gasteiger partial charge in [-0.05, 0) is 56.8 Å². The molecule has 30 heavy (non-hydrogen) atoms. The summed E-state index contributed by atoms with van der Waals surface area (Å²) in [6, 6.07) is 3.79. The molecule has 8 nitrogen and oxygen atoms in total. The number of esters is 1. The Morgan fingerprint density at radius 3 is 2.63 bits per heavy atom. The number of nitro benzene ring substituents is 1. The molecule has 0 spiro atoms. The summed E-state index contributed by atoms with van der Waals surface area (Å²) < 4.78 is 5.74. The molecule has 3 aliphatic rings. The van der Waals surface area contributed by atoms with Crippen LogP contribution in [0.4, 0.5) is 5.69 Å². The molecule has 0 aromatic heterocycles. The Bertz CT molecular complexity index is 974. The Balaban J connectivity index is 1.80. The van der Waals surface area contributed by atoms with Gasteiger partial charge in [0.25, 0.3) is 5.69 Å². The van der Waals surface area contributed by atoms with Crippen molar-refractivity contribution in [2.24, 2.45) is 10.9 Å². The number of ether oxygens (including phenoxy) is 1. The van der Waals surface area contributed by atoms with Crippen LogP contribution < -0.4 is 5.11 Å². The van der Waals surface area contributed by atoms with Crippen LogP contribution in [0, 0.1) is 16.0 Å². The number of hydrogen-bond acceptors (Lipinski definition) is 7. The fourth-order valence-electron chi connectivity index (χ4n) is 4.79. The van der Waals surface area contributed by atoms with Crippen LogP contribution in [0.1, 0.15) is 63.4 Å². The maximum atomic E-state index is 13.2. The first kappa shape index (κ1) is 20.3. The third-order valence-electron chi connectivity index (χ3n) is 6.21. The van der Waals surface area contributed by atoms with E-state index in [2.05, 4.69) is 4.99 Å². The molecule has 1 fully saturated rings. The van der Waals surface area contributed by atoms with E-state index in [-0.39, 0.29) is 11.9 Å². The number of nitro groups is 1. The molecule has 1 saturated carbocycles. The van der Waals surface area contributed by atoms with Gasteiger partial charge in [0.05, 0.1) is 4.92 Å². The third kappa shape index (κ3) is 3.62. The largest absolute Gasteiger partial charge is 0.868 e. The zero-order chi connectivity index (χ0) is 21.4. The van der Waals surface area contributed by atoms with E-state index in [1.807, 2.05) is 0 Å². The monoisotopic (exact) mass is 411 g/mol. The second-order valence-electron chi connectivity index (χ2n) is 8.17. The first-order chi connectivity index (χ1) is 14.4. The highest BCUT2D eigenvalue weighted by atomic mass is 16.6. The highest BCUT2D eigenvalue weighted by Gasteiger charge is 2.44. The summed E-state index contributed by atoms with van der Waals surface area (Å²) in [6.45, 7) is 1.73. The molecule has 4 rings (SSSR count). The molecule has 0 radical (unpaired) electrons. The zero-order valence-electron chi connectivity index (χ0n) is 16.8. The van der Waals surface area contributed by atoms with Crippen LogP contribution >= 0.6 is 0 Å². The van der Waals surface area contributed by atoms with Gasteiger partial charge in [-0.1, -0.05) is 12.1 Å². The lowest BCUT2D eigenvalue weighted by Gasteiger charge is -2.35. The Labute approximate surface area is 173 Å². The van der Waals surface area contributed by atoms with E-state index in [0.29, 0.717) is 41.8 Å². The molecule has 2 atom stereocenters. The molecule has 1 aromatic rings. The van der Waals surface area contributed by atoms with Crippen molar-refractivity contribution < 1.29 is 24.4 Å². The van der Waals surface area contributed by atoms with Crippen molar-refractivity contribution in [3.8, 4) is 5.75 Å². The summed E-state index contributed by atoms with van der Waals surface area (Å²) in [5, 5.41) is 23.2. The predicted molar refractivity (Wildman–Crippen MR) is 106 cm³/mol. The lowest BCUT2D eigenvalue weighted by Crippen LogP contribution is -2.38. The number of carbonyl (C=O) groups excluding carboxylic acids is 2. The van der Waals surface area contributed by atoms with Gasteiger partial charge in [0.2, 0.25) is 0 Å². The van der Waals surface area contributed by atoms with E-state index in [1.54, 1.807) is 6.92 Å².